The van der Waals surface area contributed by atoms with E-state index in [0.29, 0.717) is 19.5 Å². The first kappa shape index (κ1) is 32.1. The van der Waals surface area contributed by atoms with Crippen molar-refractivity contribution in [1.82, 2.24) is 14.9 Å². The summed E-state index contributed by atoms with van der Waals surface area (Å²) in [5.41, 5.74) is 7.71. The average Bonchev–Trinajstić information content (AvgIpc) is 3.51. The van der Waals surface area contributed by atoms with Crippen LogP contribution >= 0.6 is 0 Å². The van der Waals surface area contributed by atoms with Crippen molar-refractivity contribution in [3.05, 3.63) is 126 Å². The fourth-order valence-corrected chi connectivity index (χ4v) is 6.14. The van der Waals surface area contributed by atoms with Crippen LogP contribution < -0.4 is 5.32 Å². The number of nitrogens with zero attached hydrogens (tertiary/aromatic N) is 2. The monoisotopic (exact) mass is 633 g/mol. The molecule has 242 valence electrons. The molecule has 1 amide bonds. The third kappa shape index (κ3) is 7.60. The van der Waals surface area contributed by atoms with E-state index in [0.717, 1.165) is 44.4 Å². The van der Waals surface area contributed by atoms with Gasteiger partial charge in [-0.1, -0.05) is 91.9 Å². The Kier molecular flexibility index (Phi) is 10.1. The van der Waals surface area contributed by atoms with Crippen LogP contribution in [0.25, 0.3) is 22.2 Å². The molecule has 2 heterocycles. The van der Waals surface area contributed by atoms with Gasteiger partial charge in [0.1, 0.15) is 0 Å². The molecule has 5 aromatic rings. The molecule has 0 saturated carbocycles. The minimum atomic E-state index is -0.903. The van der Waals surface area contributed by atoms with Gasteiger partial charge in [-0.3, -0.25) is 9.59 Å². The maximum atomic E-state index is 12.3. The zero-order valence-electron chi connectivity index (χ0n) is 26.3. The number of hydrogen-bond acceptors (Lipinski definition) is 6. The number of hydrogen-bond donors (Lipinski definition) is 3. The number of para-hydroxylation sites is 2. The van der Waals surface area contributed by atoms with Crippen LogP contribution in [0.1, 0.15) is 60.8 Å². The quantitative estimate of drug-likeness (QED) is 0.142. The Bertz CT molecular complexity index is 1820. The lowest BCUT2D eigenvalue weighted by molar-refractivity contribution is -0.276. The van der Waals surface area contributed by atoms with Crippen molar-refractivity contribution >= 4 is 22.9 Å². The van der Waals surface area contributed by atoms with Crippen molar-refractivity contribution in [3.63, 3.8) is 0 Å². The Morgan fingerprint density at radius 1 is 0.872 bits per heavy atom. The molecule has 1 saturated heterocycles. The summed E-state index contributed by atoms with van der Waals surface area (Å²) in [7, 11) is 0. The van der Waals surface area contributed by atoms with Gasteiger partial charge in [0.25, 0.3) is 0 Å². The van der Waals surface area contributed by atoms with Crippen LogP contribution in [0, 0.1) is 5.92 Å². The smallest absolute Gasteiger partial charge is 0.303 e. The van der Waals surface area contributed by atoms with E-state index >= 15 is 0 Å². The van der Waals surface area contributed by atoms with Gasteiger partial charge in [-0.15, -0.1) is 0 Å². The highest BCUT2D eigenvalue weighted by Gasteiger charge is 2.38. The Morgan fingerprint density at radius 2 is 1.60 bits per heavy atom. The molecule has 9 nitrogen and oxygen atoms in total. The maximum absolute atomic E-state index is 12.3. The van der Waals surface area contributed by atoms with Crippen LogP contribution in [0.2, 0.25) is 0 Å². The van der Waals surface area contributed by atoms with Gasteiger partial charge in [0, 0.05) is 30.9 Å². The Balaban J connectivity index is 1.22. The lowest BCUT2D eigenvalue weighted by Crippen LogP contribution is -2.39. The number of aliphatic hydroxyl groups excluding tert-OH is 1. The van der Waals surface area contributed by atoms with E-state index in [-0.39, 0.29) is 43.5 Å². The second kappa shape index (κ2) is 14.7. The van der Waals surface area contributed by atoms with Gasteiger partial charge in [0.2, 0.25) is 5.91 Å². The minimum Gasteiger partial charge on any atom is -0.481 e. The maximum Gasteiger partial charge on any atom is 0.303 e. The van der Waals surface area contributed by atoms with Gasteiger partial charge >= 0.3 is 5.97 Å². The van der Waals surface area contributed by atoms with E-state index in [1.807, 2.05) is 97.3 Å². The molecule has 9 heteroatoms. The van der Waals surface area contributed by atoms with Crippen molar-refractivity contribution in [2.75, 3.05) is 0 Å². The second-order valence-corrected chi connectivity index (χ2v) is 12.0. The van der Waals surface area contributed by atoms with Gasteiger partial charge in [-0.2, -0.15) is 0 Å². The summed E-state index contributed by atoms with van der Waals surface area (Å²) in [5, 5.41) is 21.3. The van der Waals surface area contributed by atoms with E-state index < -0.39 is 12.3 Å². The Labute approximate surface area is 273 Å². The number of carbonyl (C=O) groups excluding carboxylic acids is 1. The largest absolute Gasteiger partial charge is 0.481 e. The molecule has 1 fully saturated rings. The van der Waals surface area contributed by atoms with Gasteiger partial charge in [-0.25, -0.2) is 4.98 Å². The standard InChI is InChI=1S/C38H39N3O6/c1-25-34(22-41-24-40-32-9-4-5-10-33(32)41)46-38(47-37(25)28-15-13-26(23-42)14-16-28)29-19-17-27(18-20-29)31-8-3-2-7-30(31)21-39-35(43)11-6-12-36(44)45/h2-5,7-10,13-20,24-25,34,37-38,42H,6,11-12,21-23H2,1H3,(H,39,43)(H,44,45)/t25-,34+,37+,38+/m0/s1. The molecule has 6 rings (SSSR count). The number of aliphatic hydroxyl groups is 1. The van der Waals surface area contributed by atoms with Crippen LogP contribution in [0.4, 0.5) is 0 Å². The Hall–Kier alpha value is -4.83. The number of amides is 1. The summed E-state index contributed by atoms with van der Waals surface area (Å²) in [4.78, 5) is 27.6. The first-order valence-corrected chi connectivity index (χ1v) is 16.0. The van der Waals surface area contributed by atoms with Crippen molar-refractivity contribution in [1.29, 1.82) is 0 Å². The van der Waals surface area contributed by atoms with E-state index in [2.05, 4.69) is 27.9 Å². The SMILES string of the molecule is C[C@H]1[C@@H](Cn2cnc3ccccc32)O[C@@H](c2ccc(-c3ccccc3CNC(=O)CCCC(=O)O)cc2)O[C@H]1c1ccc(CO)cc1. The summed E-state index contributed by atoms with van der Waals surface area (Å²) < 4.78 is 15.5. The molecule has 0 unspecified atom stereocenters. The summed E-state index contributed by atoms with van der Waals surface area (Å²) in [5.74, 6) is -1.05. The average molecular weight is 634 g/mol. The van der Waals surface area contributed by atoms with Crippen molar-refractivity contribution in [2.24, 2.45) is 5.92 Å². The predicted octanol–water partition coefficient (Wildman–Crippen LogP) is 6.56. The number of carboxylic acid groups (broad SMARTS) is 1. The van der Waals surface area contributed by atoms with E-state index in [9.17, 15) is 14.7 Å². The number of carboxylic acids is 1. The number of imidazole rings is 1. The highest BCUT2D eigenvalue weighted by atomic mass is 16.7. The number of rotatable bonds is 12. The van der Waals surface area contributed by atoms with Gasteiger partial charge in [-0.05, 0) is 46.4 Å². The molecule has 0 aliphatic carbocycles. The highest BCUT2D eigenvalue weighted by molar-refractivity contribution is 5.77. The molecule has 0 bridgehead atoms. The summed E-state index contributed by atoms with van der Waals surface area (Å²) in [6.07, 6.45) is 1.30. The summed E-state index contributed by atoms with van der Waals surface area (Å²) in [6, 6.07) is 32.0. The number of carbonyl (C=O) groups is 2. The minimum absolute atomic E-state index is 0.0158. The highest BCUT2D eigenvalue weighted by Crippen LogP contribution is 2.42. The lowest BCUT2D eigenvalue weighted by Gasteiger charge is -2.41. The van der Waals surface area contributed by atoms with Gasteiger partial charge < -0.3 is 29.6 Å². The topological polar surface area (TPSA) is 123 Å². The predicted molar refractivity (Wildman–Crippen MR) is 178 cm³/mol. The van der Waals surface area contributed by atoms with E-state index in [1.165, 1.54) is 0 Å². The van der Waals surface area contributed by atoms with Crippen LogP contribution in [0.15, 0.2) is 103 Å². The van der Waals surface area contributed by atoms with E-state index in [1.54, 1.807) is 0 Å². The Morgan fingerprint density at radius 3 is 2.36 bits per heavy atom. The van der Waals surface area contributed by atoms with Crippen LogP contribution in [0.3, 0.4) is 0 Å². The fraction of sp³-hybridized carbons (Fsp3) is 0.289. The molecule has 1 aliphatic rings. The molecule has 3 N–H and O–H groups in total. The number of nitrogens with one attached hydrogen (secondary N) is 1. The molecule has 0 spiro atoms. The first-order chi connectivity index (χ1) is 22.9. The molecule has 4 aromatic carbocycles. The second-order valence-electron chi connectivity index (χ2n) is 12.0. The molecular formula is C38H39N3O6. The van der Waals surface area contributed by atoms with Crippen molar-refractivity contribution in [3.8, 4) is 11.1 Å². The third-order valence-electron chi connectivity index (χ3n) is 8.81. The number of aliphatic carboxylic acids is 1. The van der Waals surface area contributed by atoms with Crippen LogP contribution in [-0.2, 0) is 38.8 Å². The van der Waals surface area contributed by atoms with E-state index in [4.69, 9.17) is 14.6 Å². The number of ether oxygens (including phenoxy) is 2. The van der Waals surface area contributed by atoms with Crippen LogP contribution in [-0.4, -0.2) is 37.7 Å². The third-order valence-corrected chi connectivity index (χ3v) is 8.81. The molecule has 1 aromatic heterocycles. The number of benzene rings is 4. The first-order valence-electron chi connectivity index (χ1n) is 16.0. The fourth-order valence-electron chi connectivity index (χ4n) is 6.14. The summed E-state index contributed by atoms with van der Waals surface area (Å²) in [6.45, 7) is 3.09. The molecule has 47 heavy (non-hydrogen) atoms. The lowest BCUT2D eigenvalue weighted by atomic mass is 9.90. The zero-order chi connectivity index (χ0) is 32.8. The molecule has 0 radical (unpaired) electrons. The number of aromatic nitrogens is 2. The number of fused-ring (bicyclic) bond motifs is 1. The van der Waals surface area contributed by atoms with Gasteiger partial charge in [0.15, 0.2) is 6.29 Å². The van der Waals surface area contributed by atoms with Gasteiger partial charge in [0.05, 0.1) is 42.7 Å². The molecular weight excluding hydrogens is 594 g/mol. The molecule has 1 aliphatic heterocycles. The van der Waals surface area contributed by atoms with Crippen molar-refractivity contribution < 1.29 is 29.3 Å². The summed E-state index contributed by atoms with van der Waals surface area (Å²) >= 11 is 0. The normalized spacial score (nSPS) is 19.4. The molecule has 4 atom stereocenters. The van der Waals surface area contributed by atoms with Crippen molar-refractivity contribution in [2.45, 2.75) is 64.4 Å². The zero-order valence-corrected chi connectivity index (χ0v) is 26.3. The van der Waals surface area contributed by atoms with Crippen LogP contribution in [0.5, 0.6) is 0 Å².